The second-order valence-electron chi connectivity index (χ2n) is 11.1. The third kappa shape index (κ3) is 32.7. The van der Waals surface area contributed by atoms with Gasteiger partial charge in [-0.1, -0.05) is 166 Å². The summed E-state index contributed by atoms with van der Waals surface area (Å²) in [5, 5.41) is 0. The molecule has 2 heteroatoms. The minimum Gasteiger partial charge on any atom is -0.466 e. The lowest BCUT2D eigenvalue weighted by Gasteiger charge is -2.05. The molecule has 222 valence electrons. The molecular formula is C36H66O2. The monoisotopic (exact) mass is 531 g/mol. The molecule has 0 amide bonds. The van der Waals surface area contributed by atoms with Crippen molar-refractivity contribution < 1.29 is 9.53 Å². The number of ether oxygens (including phenoxy) is 1. The van der Waals surface area contributed by atoms with Crippen molar-refractivity contribution in [3.63, 3.8) is 0 Å². The summed E-state index contributed by atoms with van der Waals surface area (Å²) in [6.07, 6.45) is 46.3. The molecule has 2 nitrogen and oxygen atoms in total. The number of rotatable bonds is 30. The Morgan fingerprint density at radius 3 is 1.42 bits per heavy atom. The van der Waals surface area contributed by atoms with Crippen molar-refractivity contribution in [1.82, 2.24) is 0 Å². The zero-order chi connectivity index (χ0) is 27.6. The van der Waals surface area contributed by atoms with Gasteiger partial charge in [0.1, 0.15) is 0 Å². The van der Waals surface area contributed by atoms with Crippen LogP contribution in [0, 0.1) is 0 Å². The average Bonchev–Trinajstić information content (AvgIpc) is 2.92. The lowest BCUT2D eigenvalue weighted by Crippen LogP contribution is -2.05. The molecule has 0 N–H and O–H groups in total. The van der Waals surface area contributed by atoms with Crippen molar-refractivity contribution in [2.75, 3.05) is 6.61 Å². The van der Waals surface area contributed by atoms with E-state index in [9.17, 15) is 4.79 Å². The molecule has 0 aromatic heterocycles. The van der Waals surface area contributed by atoms with Crippen LogP contribution in [0.3, 0.4) is 0 Å². The highest BCUT2D eigenvalue weighted by molar-refractivity contribution is 5.69. The summed E-state index contributed by atoms with van der Waals surface area (Å²) >= 11 is 0. The van der Waals surface area contributed by atoms with Crippen LogP contribution in [0.1, 0.15) is 181 Å². The first-order valence-electron chi connectivity index (χ1n) is 16.9. The van der Waals surface area contributed by atoms with Crippen molar-refractivity contribution >= 4 is 5.97 Å². The topological polar surface area (TPSA) is 26.3 Å². The number of hydrogen-bond acceptors (Lipinski definition) is 2. The summed E-state index contributed by atoms with van der Waals surface area (Å²) in [5.74, 6) is 0.00660. The average molecular weight is 531 g/mol. The van der Waals surface area contributed by atoms with Crippen molar-refractivity contribution in [2.45, 2.75) is 181 Å². The number of hydrogen-bond donors (Lipinski definition) is 0. The first-order valence-corrected chi connectivity index (χ1v) is 16.9. The van der Waals surface area contributed by atoms with Gasteiger partial charge in [0, 0.05) is 6.42 Å². The predicted octanol–water partition coefficient (Wildman–Crippen LogP) is 12.4. The van der Waals surface area contributed by atoms with Crippen molar-refractivity contribution in [3.8, 4) is 0 Å². The summed E-state index contributed by atoms with van der Waals surface area (Å²) < 4.78 is 5.42. The van der Waals surface area contributed by atoms with Gasteiger partial charge in [0.15, 0.2) is 0 Å². The molecule has 0 saturated carbocycles. The van der Waals surface area contributed by atoms with Crippen LogP contribution in [0.4, 0.5) is 0 Å². The van der Waals surface area contributed by atoms with Gasteiger partial charge in [-0.3, -0.25) is 4.79 Å². The molecule has 0 heterocycles. The Kier molecular flexibility index (Phi) is 32.6. The van der Waals surface area contributed by atoms with Gasteiger partial charge in [-0.05, 0) is 44.9 Å². The number of carbonyl (C=O) groups is 1. The predicted molar refractivity (Wildman–Crippen MR) is 170 cm³/mol. The van der Waals surface area contributed by atoms with Gasteiger partial charge < -0.3 is 4.74 Å². The SMILES string of the molecule is CC/C=C/C/C=C/C/C=C/CCCCCCCC(=O)OCCCCCCCCCCCCCCCCCC. The van der Waals surface area contributed by atoms with Crippen LogP contribution in [0.2, 0.25) is 0 Å². The zero-order valence-electron chi connectivity index (χ0n) is 25.9. The van der Waals surface area contributed by atoms with E-state index in [0.29, 0.717) is 13.0 Å². The van der Waals surface area contributed by atoms with Crippen LogP contribution < -0.4 is 0 Å². The highest BCUT2D eigenvalue weighted by atomic mass is 16.5. The van der Waals surface area contributed by atoms with E-state index < -0.39 is 0 Å². The van der Waals surface area contributed by atoms with Crippen LogP contribution in [-0.4, -0.2) is 12.6 Å². The van der Waals surface area contributed by atoms with E-state index in [1.165, 1.54) is 122 Å². The van der Waals surface area contributed by atoms with Crippen molar-refractivity contribution in [1.29, 1.82) is 0 Å². The minimum absolute atomic E-state index is 0.00660. The maximum absolute atomic E-state index is 11.9. The Bertz CT molecular complexity index is 546. The van der Waals surface area contributed by atoms with E-state index in [1.54, 1.807) is 0 Å². The highest BCUT2D eigenvalue weighted by Gasteiger charge is 2.02. The van der Waals surface area contributed by atoms with E-state index in [0.717, 1.165) is 38.5 Å². The number of allylic oxidation sites excluding steroid dienone is 6. The molecule has 0 aromatic rings. The lowest BCUT2D eigenvalue weighted by atomic mass is 10.0. The summed E-state index contributed by atoms with van der Waals surface area (Å²) in [7, 11) is 0. The molecule has 0 aliphatic carbocycles. The summed E-state index contributed by atoms with van der Waals surface area (Å²) in [6, 6.07) is 0. The Hall–Kier alpha value is -1.31. The number of unbranched alkanes of at least 4 members (excludes halogenated alkanes) is 20. The van der Waals surface area contributed by atoms with Gasteiger partial charge in [-0.25, -0.2) is 0 Å². The van der Waals surface area contributed by atoms with Crippen molar-refractivity contribution in [3.05, 3.63) is 36.5 Å². The second kappa shape index (κ2) is 33.7. The number of carbonyl (C=O) groups excluding carboxylic acids is 1. The van der Waals surface area contributed by atoms with E-state index in [-0.39, 0.29) is 5.97 Å². The molecule has 0 aromatic carbocycles. The van der Waals surface area contributed by atoms with Gasteiger partial charge in [0.05, 0.1) is 6.61 Å². The van der Waals surface area contributed by atoms with E-state index >= 15 is 0 Å². The van der Waals surface area contributed by atoms with Gasteiger partial charge in [0.25, 0.3) is 0 Å². The molecule has 0 bridgehead atoms. The molecule has 0 saturated heterocycles. The summed E-state index contributed by atoms with van der Waals surface area (Å²) in [6.45, 7) is 5.07. The molecule has 0 radical (unpaired) electrons. The standard InChI is InChI=1S/C36H66O2/c1-3-5-7-9-11-13-15-17-19-21-23-25-27-29-31-33-35-38-36(37)34-32-30-28-26-24-22-20-18-16-14-12-10-8-6-4-2/h6,8,12,14,18,20H,3-5,7,9-11,13,15-17,19,21-35H2,1-2H3/b8-6+,14-12+,20-18+. The van der Waals surface area contributed by atoms with Crippen LogP contribution in [0.25, 0.3) is 0 Å². The minimum atomic E-state index is 0.00660. The van der Waals surface area contributed by atoms with E-state index in [2.05, 4.69) is 50.3 Å². The third-order valence-corrected chi connectivity index (χ3v) is 7.29. The molecule has 0 atom stereocenters. The fraction of sp³-hybridized carbons (Fsp3) is 0.806. The Morgan fingerprint density at radius 2 is 0.895 bits per heavy atom. The van der Waals surface area contributed by atoms with Crippen molar-refractivity contribution in [2.24, 2.45) is 0 Å². The molecule has 0 aliphatic heterocycles. The molecule has 0 rings (SSSR count). The van der Waals surface area contributed by atoms with Crippen LogP contribution in [0.15, 0.2) is 36.5 Å². The fourth-order valence-electron chi connectivity index (χ4n) is 4.80. The Balaban J connectivity index is 3.23. The van der Waals surface area contributed by atoms with Crippen LogP contribution in [-0.2, 0) is 9.53 Å². The molecule has 38 heavy (non-hydrogen) atoms. The second-order valence-corrected chi connectivity index (χ2v) is 11.1. The van der Waals surface area contributed by atoms with Gasteiger partial charge in [-0.15, -0.1) is 0 Å². The Morgan fingerprint density at radius 1 is 0.474 bits per heavy atom. The fourth-order valence-corrected chi connectivity index (χ4v) is 4.80. The normalized spacial score (nSPS) is 11.9. The summed E-state index contributed by atoms with van der Waals surface area (Å²) in [4.78, 5) is 11.9. The van der Waals surface area contributed by atoms with E-state index in [1.807, 2.05) is 0 Å². The molecule has 0 unspecified atom stereocenters. The maximum Gasteiger partial charge on any atom is 0.305 e. The van der Waals surface area contributed by atoms with Gasteiger partial charge >= 0.3 is 5.97 Å². The van der Waals surface area contributed by atoms with Crippen LogP contribution in [0.5, 0.6) is 0 Å². The smallest absolute Gasteiger partial charge is 0.305 e. The largest absolute Gasteiger partial charge is 0.466 e. The van der Waals surface area contributed by atoms with Gasteiger partial charge in [0.2, 0.25) is 0 Å². The molecular weight excluding hydrogens is 464 g/mol. The quantitative estimate of drug-likeness (QED) is 0.0524. The lowest BCUT2D eigenvalue weighted by molar-refractivity contribution is -0.143. The zero-order valence-corrected chi connectivity index (χ0v) is 25.9. The first-order chi connectivity index (χ1) is 18.8. The Labute approximate surface area is 239 Å². The number of esters is 1. The summed E-state index contributed by atoms with van der Waals surface area (Å²) in [5.41, 5.74) is 0. The first kappa shape index (κ1) is 36.7. The molecule has 0 fully saturated rings. The third-order valence-electron chi connectivity index (χ3n) is 7.29. The van der Waals surface area contributed by atoms with Gasteiger partial charge in [-0.2, -0.15) is 0 Å². The molecule has 0 aliphatic rings. The molecule has 0 spiro atoms. The van der Waals surface area contributed by atoms with E-state index in [4.69, 9.17) is 4.74 Å². The highest BCUT2D eigenvalue weighted by Crippen LogP contribution is 2.14. The maximum atomic E-state index is 11.9. The van der Waals surface area contributed by atoms with Crippen LogP contribution >= 0.6 is 0 Å².